The highest BCUT2D eigenvalue weighted by Crippen LogP contribution is 2.13. The number of piperazine rings is 1. The Hall–Kier alpha value is -1.64. The average Bonchev–Trinajstić information content (AvgIpc) is 2.54. The van der Waals surface area contributed by atoms with Gasteiger partial charge in [-0.25, -0.2) is 0 Å². The highest BCUT2D eigenvalue weighted by atomic mass is 15.3. The van der Waals surface area contributed by atoms with Crippen LogP contribution in [-0.2, 0) is 0 Å². The Bertz CT molecular complexity index is 474. The summed E-state index contributed by atoms with van der Waals surface area (Å²) in [5, 5.41) is 12.4. The van der Waals surface area contributed by atoms with Crippen molar-refractivity contribution in [1.82, 2.24) is 14.8 Å². The summed E-state index contributed by atoms with van der Waals surface area (Å²) in [7, 11) is 0. The second-order valence-corrected chi connectivity index (χ2v) is 5.75. The third-order valence-corrected chi connectivity index (χ3v) is 4.06. The van der Waals surface area contributed by atoms with Crippen molar-refractivity contribution in [1.29, 1.82) is 5.26 Å². The molecule has 1 aliphatic heterocycles. The molecule has 1 atom stereocenters. The van der Waals surface area contributed by atoms with E-state index in [-0.39, 0.29) is 0 Å². The standard InChI is InChI=1S/C16H25N5/c1-3-20-6-8-21(9-7-20)13-14(2)11-19-16-12-18-5-4-15(16)10-17/h4-5,12,14,19H,3,6-9,11,13H2,1-2H3. The number of rotatable bonds is 6. The molecule has 5 nitrogen and oxygen atoms in total. The molecule has 1 aromatic heterocycles. The van der Waals surface area contributed by atoms with Gasteiger partial charge in [-0.2, -0.15) is 5.26 Å². The van der Waals surface area contributed by atoms with Crippen molar-refractivity contribution in [3.63, 3.8) is 0 Å². The van der Waals surface area contributed by atoms with Gasteiger partial charge < -0.3 is 15.1 Å². The van der Waals surface area contributed by atoms with Crippen molar-refractivity contribution in [3.8, 4) is 6.07 Å². The van der Waals surface area contributed by atoms with Crippen LogP contribution < -0.4 is 5.32 Å². The van der Waals surface area contributed by atoms with Crippen LogP contribution in [0.15, 0.2) is 18.5 Å². The first kappa shape index (κ1) is 15.7. The SMILES string of the molecule is CCN1CCN(CC(C)CNc2cnccc2C#N)CC1. The predicted molar refractivity (Wildman–Crippen MR) is 85.2 cm³/mol. The first-order valence-corrected chi connectivity index (χ1v) is 7.75. The van der Waals surface area contributed by atoms with Gasteiger partial charge in [0.2, 0.25) is 0 Å². The molecular weight excluding hydrogens is 262 g/mol. The Morgan fingerprint density at radius 2 is 2.05 bits per heavy atom. The predicted octanol–water partition coefficient (Wildman–Crippen LogP) is 1.64. The topological polar surface area (TPSA) is 55.2 Å². The molecule has 1 unspecified atom stereocenters. The largest absolute Gasteiger partial charge is 0.382 e. The molecule has 0 saturated carbocycles. The van der Waals surface area contributed by atoms with Gasteiger partial charge in [0.25, 0.3) is 0 Å². The molecule has 1 fully saturated rings. The summed E-state index contributed by atoms with van der Waals surface area (Å²) >= 11 is 0. The zero-order valence-corrected chi connectivity index (χ0v) is 13.0. The van der Waals surface area contributed by atoms with E-state index in [0.717, 1.165) is 38.4 Å². The van der Waals surface area contributed by atoms with Crippen molar-refractivity contribution in [3.05, 3.63) is 24.0 Å². The van der Waals surface area contributed by atoms with Crippen molar-refractivity contribution < 1.29 is 0 Å². The van der Waals surface area contributed by atoms with Crippen molar-refractivity contribution in [2.45, 2.75) is 13.8 Å². The molecular formula is C16H25N5. The molecule has 5 heteroatoms. The van der Waals surface area contributed by atoms with E-state index < -0.39 is 0 Å². The molecule has 1 N–H and O–H groups in total. The van der Waals surface area contributed by atoms with Crippen molar-refractivity contribution >= 4 is 5.69 Å². The molecule has 114 valence electrons. The second kappa shape index (κ2) is 7.96. The molecule has 0 spiro atoms. The van der Waals surface area contributed by atoms with E-state index in [1.54, 1.807) is 18.5 Å². The third kappa shape index (κ3) is 4.69. The van der Waals surface area contributed by atoms with Gasteiger partial charge in [0.15, 0.2) is 0 Å². The smallest absolute Gasteiger partial charge is 0.101 e. The lowest BCUT2D eigenvalue weighted by Crippen LogP contribution is -2.47. The summed E-state index contributed by atoms with van der Waals surface area (Å²) in [4.78, 5) is 9.10. The van der Waals surface area contributed by atoms with Crippen LogP contribution >= 0.6 is 0 Å². The van der Waals surface area contributed by atoms with E-state index in [4.69, 9.17) is 5.26 Å². The van der Waals surface area contributed by atoms with Crippen LogP contribution in [0.5, 0.6) is 0 Å². The van der Waals surface area contributed by atoms with Crippen LogP contribution in [0.25, 0.3) is 0 Å². The number of hydrogen-bond donors (Lipinski definition) is 1. The number of nitrogens with one attached hydrogen (secondary N) is 1. The van der Waals surface area contributed by atoms with Crippen LogP contribution in [0.4, 0.5) is 5.69 Å². The number of anilines is 1. The molecule has 0 amide bonds. The lowest BCUT2D eigenvalue weighted by atomic mass is 10.1. The zero-order chi connectivity index (χ0) is 15.1. The summed E-state index contributed by atoms with van der Waals surface area (Å²) in [6.07, 6.45) is 3.38. The Kier molecular flexibility index (Phi) is 5.97. The lowest BCUT2D eigenvalue weighted by molar-refractivity contribution is 0.126. The maximum Gasteiger partial charge on any atom is 0.101 e. The van der Waals surface area contributed by atoms with Gasteiger partial charge in [0.05, 0.1) is 17.4 Å². The van der Waals surface area contributed by atoms with E-state index in [9.17, 15) is 0 Å². The number of nitriles is 1. The van der Waals surface area contributed by atoms with Gasteiger partial charge in [-0.1, -0.05) is 13.8 Å². The average molecular weight is 287 g/mol. The Morgan fingerprint density at radius 3 is 2.71 bits per heavy atom. The molecule has 1 aliphatic rings. The molecule has 2 heterocycles. The molecule has 0 aliphatic carbocycles. The van der Waals surface area contributed by atoms with Gasteiger partial charge in [0.1, 0.15) is 6.07 Å². The highest BCUT2D eigenvalue weighted by Gasteiger charge is 2.17. The zero-order valence-electron chi connectivity index (χ0n) is 13.0. The summed E-state index contributed by atoms with van der Waals surface area (Å²) in [5.41, 5.74) is 1.50. The summed E-state index contributed by atoms with van der Waals surface area (Å²) < 4.78 is 0. The van der Waals surface area contributed by atoms with Crippen LogP contribution in [0.1, 0.15) is 19.4 Å². The Balaban J connectivity index is 1.75. The minimum atomic E-state index is 0.546. The summed E-state index contributed by atoms with van der Waals surface area (Å²) in [6, 6.07) is 3.94. The fourth-order valence-corrected chi connectivity index (χ4v) is 2.71. The van der Waals surface area contributed by atoms with E-state index in [2.05, 4.69) is 40.0 Å². The van der Waals surface area contributed by atoms with Crippen molar-refractivity contribution in [2.75, 3.05) is 51.1 Å². The van der Waals surface area contributed by atoms with Gasteiger partial charge in [-0.15, -0.1) is 0 Å². The normalized spacial score (nSPS) is 18.1. The van der Waals surface area contributed by atoms with Crippen molar-refractivity contribution in [2.24, 2.45) is 5.92 Å². The molecule has 0 aromatic carbocycles. The van der Waals surface area contributed by atoms with E-state index in [1.165, 1.54) is 13.1 Å². The fourth-order valence-electron chi connectivity index (χ4n) is 2.71. The molecule has 0 bridgehead atoms. The van der Waals surface area contributed by atoms with Crippen LogP contribution in [0.3, 0.4) is 0 Å². The monoisotopic (exact) mass is 287 g/mol. The minimum absolute atomic E-state index is 0.546. The lowest BCUT2D eigenvalue weighted by Gasteiger charge is -2.35. The first-order chi connectivity index (χ1) is 10.2. The van der Waals surface area contributed by atoms with Gasteiger partial charge in [0, 0.05) is 45.5 Å². The van der Waals surface area contributed by atoms with E-state index >= 15 is 0 Å². The minimum Gasteiger partial charge on any atom is -0.382 e. The van der Waals surface area contributed by atoms with Gasteiger partial charge in [-0.3, -0.25) is 4.98 Å². The fraction of sp³-hybridized carbons (Fsp3) is 0.625. The number of nitrogens with zero attached hydrogens (tertiary/aromatic N) is 4. The van der Waals surface area contributed by atoms with Gasteiger partial charge in [-0.05, 0) is 18.5 Å². The Morgan fingerprint density at radius 1 is 1.33 bits per heavy atom. The second-order valence-electron chi connectivity index (χ2n) is 5.75. The number of pyridine rings is 1. The Labute approximate surface area is 127 Å². The number of hydrogen-bond acceptors (Lipinski definition) is 5. The maximum atomic E-state index is 9.06. The highest BCUT2D eigenvalue weighted by molar-refractivity contribution is 5.55. The molecule has 1 aromatic rings. The quantitative estimate of drug-likeness (QED) is 0.862. The third-order valence-electron chi connectivity index (χ3n) is 4.06. The number of likely N-dealkylation sites (N-methyl/N-ethyl adjacent to an activating group) is 1. The number of aromatic nitrogens is 1. The summed E-state index contributed by atoms with van der Waals surface area (Å²) in [5.74, 6) is 0.546. The van der Waals surface area contributed by atoms with E-state index in [0.29, 0.717) is 11.5 Å². The summed E-state index contributed by atoms with van der Waals surface area (Å²) in [6.45, 7) is 12.3. The van der Waals surface area contributed by atoms with Crippen LogP contribution in [0, 0.1) is 17.2 Å². The molecule has 21 heavy (non-hydrogen) atoms. The molecule has 0 radical (unpaired) electrons. The first-order valence-electron chi connectivity index (χ1n) is 7.75. The van der Waals surface area contributed by atoms with E-state index in [1.807, 2.05) is 0 Å². The maximum absolute atomic E-state index is 9.06. The molecule has 2 rings (SSSR count). The molecule has 1 saturated heterocycles. The van der Waals surface area contributed by atoms with Crippen LogP contribution in [0.2, 0.25) is 0 Å². The van der Waals surface area contributed by atoms with Gasteiger partial charge >= 0.3 is 0 Å². The van der Waals surface area contributed by atoms with Crippen LogP contribution in [-0.4, -0.2) is 60.6 Å².